The lowest BCUT2D eigenvalue weighted by atomic mass is 10.0. The van der Waals surface area contributed by atoms with E-state index >= 15 is 0 Å². The summed E-state index contributed by atoms with van der Waals surface area (Å²) in [6, 6.07) is 1.79. The summed E-state index contributed by atoms with van der Waals surface area (Å²) in [7, 11) is 0. The molecular formula is C11H20N2O. The Morgan fingerprint density at radius 3 is 2.36 bits per heavy atom. The lowest BCUT2D eigenvalue weighted by Crippen LogP contribution is -2.37. The lowest BCUT2D eigenvalue weighted by molar-refractivity contribution is -0.125. The second kappa shape index (κ2) is 7.37. The van der Waals surface area contributed by atoms with Crippen molar-refractivity contribution in [1.82, 2.24) is 5.32 Å². The van der Waals surface area contributed by atoms with E-state index in [4.69, 9.17) is 5.26 Å². The fraction of sp³-hybridized carbons (Fsp3) is 0.818. The summed E-state index contributed by atoms with van der Waals surface area (Å²) in [6.07, 6.45) is 3.54. The van der Waals surface area contributed by atoms with Gasteiger partial charge >= 0.3 is 0 Å². The number of nitriles is 1. The molecule has 0 fully saturated rings. The summed E-state index contributed by atoms with van der Waals surface area (Å²) >= 11 is 0. The van der Waals surface area contributed by atoms with Crippen molar-refractivity contribution in [3.63, 3.8) is 0 Å². The first kappa shape index (κ1) is 13.0. The predicted octanol–water partition coefficient (Wildman–Crippen LogP) is 2.23. The summed E-state index contributed by atoms with van der Waals surface area (Å²) in [5, 5.41) is 11.5. The number of amides is 1. The fourth-order valence-corrected chi connectivity index (χ4v) is 1.34. The van der Waals surface area contributed by atoms with Crippen LogP contribution >= 0.6 is 0 Å². The van der Waals surface area contributed by atoms with Gasteiger partial charge in [-0.05, 0) is 12.8 Å². The molecule has 0 heterocycles. The number of carbonyl (C=O) groups excluding carboxylic acids is 1. The SMILES string of the molecule is CCCC(C#N)NC(=O)C(C)CCC. The van der Waals surface area contributed by atoms with Crippen LogP contribution in [0.1, 0.15) is 46.5 Å². The first-order valence-corrected chi connectivity index (χ1v) is 5.35. The summed E-state index contributed by atoms with van der Waals surface area (Å²) < 4.78 is 0. The number of hydrogen-bond donors (Lipinski definition) is 1. The molecule has 0 saturated carbocycles. The molecule has 0 aliphatic carbocycles. The molecule has 0 aliphatic rings. The zero-order valence-electron chi connectivity index (χ0n) is 9.34. The van der Waals surface area contributed by atoms with E-state index < -0.39 is 0 Å². The van der Waals surface area contributed by atoms with Gasteiger partial charge < -0.3 is 5.32 Å². The Balaban J connectivity index is 3.96. The highest BCUT2D eigenvalue weighted by atomic mass is 16.1. The maximum atomic E-state index is 11.5. The van der Waals surface area contributed by atoms with Gasteiger partial charge in [0.15, 0.2) is 0 Å². The van der Waals surface area contributed by atoms with Gasteiger partial charge in [-0.3, -0.25) is 4.79 Å². The van der Waals surface area contributed by atoms with Crippen LogP contribution in [0.3, 0.4) is 0 Å². The van der Waals surface area contributed by atoms with E-state index in [9.17, 15) is 4.79 Å². The predicted molar refractivity (Wildman–Crippen MR) is 56.5 cm³/mol. The molecule has 1 amide bonds. The van der Waals surface area contributed by atoms with Crippen LogP contribution in [0.15, 0.2) is 0 Å². The van der Waals surface area contributed by atoms with Gasteiger partial charge in [0.2, 0.25) is 5.91 Å². The minimum Gasteiger partial charge on any atom is -0.340 e. The Morgan fingerprint density at radius 1 is 1.36 bits per heavy atom. The van der Waals surface area contributed by atoms with Crippen LogP contribution in [0.25, 0.3) is 0 Å². The molecule has 0 aliphatic heterocycles. The molecule has 0 aromatic carbocycles. The Hall–Kier alpha value is -1.04. The third-order valence-electron chi connectivity index (χ3n) is 2.22. The third-order valence-corrected chi connectivity index (χ3v) is 2.22. The van der Waals surface area contributed by atoms with E-state index in [1.807, 2.05) is 13.8 Å². The molecule has 2 unspecified atom stereocenters. The van der Waals surface area contributed by atoms with Crippen LogP contribution in [0.5, 0.6) is 0 Å². The van der Waals surface area contributed by atoms with Crippen molar-refractivity contribution in [2.75, 3.05) is 0 Å². The van der Waals surface area contributed by atoms with E-state index in [2.05, 4.69) is 18.3 Å². The summed E-state index contributed by atoms with van der Waals surface area (Å²) in [4.78, 5) is 11.5. The normalized spacial score (nSPS) is 14.1. The molecule has 0 spiro atoms. The van der Waals surface area contributed by atoms with Crippen LogP contribution < -0.4 is 5.32 Å². The fourth-order valence-electron chi connectivity index (χ4n) is 1.34. The highest BCUT2D eigenvalue weighted by Crippen LogP contribution is 2.06. The number of carbonyl (C=O) groups is 1. The minimum atomic E-state index is -0.313. The summed E-state index contributed by atoms with van der Waals surface area (Å²) in [5.74, 6) is 0.0274. The molecule has 0 aromatic heterocycles. The van der Waals surface area contributed by atoms with Gasteiger partial charge in [-0.1, -0.05) is 33.6 Å². The van der Waals surface area contributed by atoms with E-state index in [0.717, 1.165) is 25.7 Å². The molecule has 0 rings (SSSR count). The van der Waals surface area contributed by atoms with Crippen LogP contribution in [0.2, 0.25) is 0 Å². The van der Waals surface area contributed by atoms with Gasteiger partial charge in [-0.15, -0.1) is 0 Å². The van der Waals surface area contributed by atoms with Gasteiger partial charge in [-0.25, -0.2) is 0 Å². The first-order valence-electron chi connectivity index (χ1n) is 5.35. The van der Waals surface area contributed by atoms with Crippen molar-refractivity contribution in [1.29, 1.82) is 5.26 Å². The number of nitrogens with one attached hydrogen (secondary N) is 1. The van der Waals surface area contributed by atoms with Crippen molar-refractivity contribution in [2.24, 2.45) is 5.92 Å². The highest BCUT2D eigenvalue weighted by molar-refractivity contribution is 5.78. The molecule has 0 radical (unpaired) electrons. The maximum absolute atomic E-state index is 11.5. The monoisotopic (exact) mass is 196 g/mol. The molecule has 1 N–H and O–H groups in total. The molecule has 3 heteroatoms. The van der Waals surface area contributed by atoms with Crippen LogP contribution in [0.4, 0.5) is 0 Å². The van der Waals surface area contributed by atoms with E-state index in [1.165, 1.54) is 0 Å². The van der Waals surface area contributed by atoms with E-state index in [0.29, 0.717) is 0 Å². The largest absolute Gasteiger partial charge is 0.340 e. The molecule has 80 valence electrons. The quantitative estimate of drug-likeness (QED) is 0.708. The molecule has 0 bridgehead atoms. The van der Waals surface area contributed by atoms with Gasteiger partial charge in [-0.2, -0.15) is 5.26 Å². The Kier molecular flexibility index (Phi) is 6.82. The highest BCUT2D eigenvalue weighted by Gasteiger charge is 2.15. The third kappa shape index (κ3) is 4.86. The molecule has 14 heavy (non-hydrogen) atoms. The van der Waals surface area contributed by atoms with Crippen molar-refractivity contribution >= 4 is 5.91 Å². The summed E-state index contributed by atoms with van der Waals surface area (Å²) in [5.41, 5.74) is 0. The zero-order chi connectivity index (χ0) is 11.0. The summed E-state index contributed by atoms with van der Waals surface area (Å²) in [6.45, 7) is 5.96. The Labute approximate surface area is 86.5 Å². The average Bonchev–Trinajstić information content (AvgIpc) is 2.17. The van der Waals surface area contributed by atoms with Crippen LogP contribution in [0, 0.1) is 17.2 Å². The van der Waals surface area contributed by atoms with E-state index in [1.54, 1.807) is 0 Å². The van der Waals surface area contributed by atoms with Gasteiger partial charge in [0.25, 0.3) is 0 Å². The molecular weight excluding hydrogens is 176 g/mol. The number of rotatable bonds is 6. The molecule has 0 saturated heterocycles. The topological polar surface area (TPSA) is 52.9 Å². The molecule has 3 nitrogen and oxygen atoms in total. The van der Waals surface area contributed by atoms with E-state index in [-0.39, 0.29) is 17.9 Å². The van der Waals surface area contributed by atoms with Crippen molar-refractivity contribution in [3.05, 3.63) is 0 Å². The van der Waals surface area contributed by atoms with Crippen molar-refractivity contribution in [3.8, 4) is 6.07 Å². The van der Waals surface area contributed by atoms with Crippen molar-refractivity contribution in [2.45, 2.75) is 52.5 Å². The Morgan fingerprint density at radius 2 is 1.93 bits per heavy atom. The average molecular weight is 196 g/mol. The number of hydrogen-bond acceptors (Lipinski definition) is 2. The van der Waals surface area contributed by atoms with Crippen molar-refractivity contribution < 1.29 is 4.79 Å². The maximum Gasteiger partial charge on any atom is 0.223 e. The standard InChI is InChI=1S/C11H20N2O/c1-4-6-9(3)11(14)13-10(8-12)7-5-2/h9-10H,4-7H2,1-3H3,(H,13,14). The van der Waals surface area contributed by atoms with Crippen LogP contribution in [-0.4, -0.2) is 11.9 Å². The zero-order valence-corrected chi connectivity index (χ0v) is 9.34. The van der Waals surface area contributed by atoms with Gasteiger partial charge in [0.05, 0.1) is 6.07 Å². The van der Waals surface area contributed by atoms with Crippen LogP contribution in [-0.2, 0) is 4.79 Å². The lowest BCUT2D eigenvalue weighted by Gasteiger charge is -2.14. The molecule has 2 atom stereocenters. The smallest absolute Gasteiger partial charge is 0.223 e. The van der Waals surface area contributed by atoms with Gasteiger partial charge in [0.1, 0.15) is 6.04 Å². The Bertz CT molecular complexity index is 208. The second-order valence-corrected chi connectivity index (χ2v) is 3.67. The molecule has 0 aromatic rings. The minimum absolute atomic E-state index is 0.00634. The second-order valence-electron chi connectivity index (χ2n) is 3.67. The number of nitrogens with zero attached hydrogens (tertiary/aromatic N) is 1. The van der Waals surface area contributed by atoms with Gasteiger partial charge in [0, 0.05) is 5.92 Å². The first-order chi connectivity index (χ1) is 6.65.